The van der Waals surface area contributed by atoms with Crippen LogP contribution < -0.4 is 10.1 Å². The predicted molar refractivity (Wildman–Crippen MR) is 129 cm³/mol. The lowest BCUT2D eigenvalue weighted by Gasteiger charge is -2.12. The highest BCUT2D eigenvalue weighted by atomic mass is 32.1. The van der Waals surface area contributed by atoms with Crippen molar-refractivity contribution in [3.8, 4) is 5.75 Å². The van der Waals surface area contributed by atoms with E-state index < -0.39 is 0 Å². The van der Waals surface area contributed by atoms with E-state index in [4.69, 9.17) is 14.1 Å². The van der Waals surface area contributed by atoms with E-state index in [1.54, 1.807) is 24.7 Å². The number of benzene rings is 2. The molecule has 32 heavy (non-hydrogen) atoms. The Balaban J connectivity index is 1.53. The molecule has 2 aromatic heterocycles. The molecule has 0 saturated heterocycles. The molecule has 0 radical (unpaired) electrons. The van der Waals surface area contributed by atoms with Gasteiger partial charge in [-0.3, -0.25) is 4.79 Å². The van der Waals surface area contributed by atoms with Gasteiger partial charge >= 0.3 is 0 Å². The first-order chi connectivity index (χ1) is 15.7. The van der Waals surface area contributed by atoms with E-state index in [-0.39, 0.29) is 5.91 Å². The summed E-state index contributed by atoms with van der Waals surface area (Å²) in [5.41, 5.74) is 2.76. The third-order valence-electron chi connectivity index (χ3n) is 5.84. The molecule has 6 heteroatoms. The second-order valence-corrected chi connectivity index (χ2v) is 8.90. The van der Waals surface area contributed by atoms with Crippen LogP contribution in [0.15, 0.2) is 64.2 Å². The number of carbonyl (C=O) groups excluding carboxylic acids is 1. The number of amides is 1. The number of fused-ring (bicyclic) bond motifs is 2. The Kier molecular flexibility index (Phi) is 5.77. The zero-order valence-electron chi connectivity index (χ0n) is 17.9. The van der Waals surface area contributed by atoms with Gasteiger partial charge in [-0.1, -0.05) is 30.3 Å². The number of furan rings is 1. The topological polar surface area (TPSA) is 63.8 Å². The molecule has 0 aliphatic heterocycles. The average Bonchev–Trinajstić information content (AvgIpc) is 3.48. The van der Waals surface area contributed by atoms with Crippen LogP contribution in [0.5, 0.6) is 5.75 Å². The molecule has 1 amide bonds. The molecule has 1 N–H and O–H groups in total. The summed E-state index contributed by atoms with van der Waals surface area (Å²) in [4.78, 5) is 19.3. The van der Waals surface area contributed by atoms with E-state index in [2.05, 4.69) is 17.4 Å². The molecule has 2 aromatic carbocycles. The molecule has 4 aromatic rings. The molecule has 0 spiro atoms. The van der Waals surface area contributed by atoms with Gasteiger partial charge < -0.3 is 14.5 Å². The van der Waals surface area contributed by atoms with Crippen molar-refractivity contribution in [3.63, 3.8) is 0 Å². The number of carbonyl (C=O) groups is 1. The second-order valence-electron chi connectivity index (χ2n) is 7.81. The van der Waals surface area contributed by atoms with E-state index in [9.17, 15) is 4.79 Å². The Morgan fingerprint density at radius 1 is 1.16 bits per heavy atom. The summed E-state index contributed by atoms with van der Waals surface area (Å²) >= 11 is 1.63. The minimum atomic E-state index is -0.0992. The third-order valence-corrected chi connectivity index (χ3v) is 7.04. The van der Waals surface area contributed by atoms with Crippen LogP contribution in [0.2, 0.25) is 0 Å². The first-order valence-electron chi connectivity index (χ1n) is 10.8. The number of nitrogens with one attached hydrogen (secondary N) is 1. The summed E-state index contributed by atoms with van der Waals surface area (Å²) in [6, 6.07) is 15.8. The molecule has 1 aliphatic rings. The minimum Gasteiger partial charge on any atom is -0.496 e. The largest absolute Gasteiger partial charge is 0.496 e. The number of nitrogens with zero attached hydrogens (tertiary/aromatic N) is 1. The molecular weight excluding hydrogens is 420 g/mol. The van der Waals surface area contributed by atoms with Crippen molar-refractivity contribution >= 4 is 39.2 Å². The van der Waals surface area contributed by atoms with Gasteiger partial charge in [-0.25, -0.2) is 4.99 Å². The Morgan fingerprint density at radius 3 is 2.88 bits per heavy atom. The molecule has 0 unspecified atom stereocenters. The van der Waals surface area contributed by atoms with E-state index in [1.807, 2.05) is 42.6 Å². The van der Waals surface area contributed by atoms with Crippen LogP contribution in [-0.2, 0) is 19.4 Å². The Morgan fingerprint density at radius 2 is 2.03 bits per heavy atom. The van der Waals surface area contributed by atoms with Gasteiger partial charge in [0.15, 0.2) is 0 Å². The SMILES string of the molecule is COc1ccc2ccccc2c1C=Nc1sc2c(c1C(=O)NCc1ccco1)CCCC2. The van der Waals surface area contributed by atoms with E-state index in [0.717, 1.165) is 64.1 Å². The number of ether oxygens (including phenoxy) is 1. The molecule has 2 heterocycles. The lowest BCUT2D eigenvalue weighted by atomic mass is 9.95. The lowest BCUT2D eigenvalue weighted by Crippen LogP contribution is -2.23. The highest BCUT2D eigenvalue weighted by Crippen LogP contribution is 2.40. The maximum Gasteiger partial charge on any atom is 0.255 e. The van der Waals surface area contributed by atoms with Crippen molar-refractivity contribution in [3.05, 3.63) is 82.1 Å². The number of rotatable bonds is 6. The van der Waals surface area contributed by atoms with Crippen molar-refractivity contribution in [1.82, 2.24) is 5.32 Å². The number of hydrogen-bond acceptors (Lipinski definition) is 5. The average molecular weight is 445 g/mol. The van der Waals surface area contributed by atoms with Gasteiger partial charge in [0.25, 0.3) is 5.91 Å². The normalized spacial score (nSPS) is 13.4. The fraction of sp³-hybridized carbons (Fsp3) is 0.231. The standard InChI is InChI=1S/C26H24N2O3S/c1-30-22-13-12-17-7-2-3-9-19(17)21(22)16-28-26-24(20-10-4-5-11-23(20)32-26)25(29)27-15-18-8-6-14-31-18/h2-3,6-9,12-14,16H,4-5,10-11,15H2,1H3,(H,27,29). The number of aryl methyl sites for hydroxylation is 1. The lowest BCUT2D eigenvalue weighted by molar-refractivity contribution is 0.0948. The Hall–Kier alpha value is -3.38. The predicted octanol–water partition coefficient (Wildman–Crippen LogP) is 6.06. The molecule has 162 valence electrons. The molecule has 5 rings (SSSR count). The fourth-order valence-corrected chi connectivity index (χ4v) is 5.49. The Bertz CT molecular complexity index is 1290. The van der Waals surface area contributed by atoms with Crippen LogP contribution in [0.25, 0.3) is 10.8 Å². The van der Waals surface area contributed by atoms with Crippen molar-refractivity contribution in [2.45, 2.75) is 32.2 Å². The zero-order valence-corrected chi connectivity index (χ0v) is 18.7. The van der Waals surface area contributed by atoms with Crippen LogP contribution in [0.3, 0.4) is 0 Å². The van der Waals surface area contributed by atoms with Crippen LogP contribution in [0, 0.1) is 0 Å². The monoisotopic (exact) mass is 444 g/mol. The number of aliphatic imine (C=N–C) groups is 1. The maximum atomic E-state index is 13.2. The van der Waals surface area contributed by atoms with Crippen LogP contribution >= 0.6 is 11.3 Å². The summed E-state index contributed by atoms with van der Waals surface area (Å²) in [6.07, 6.45) is 7.63. The van der Waals surface area contributed by atoms with Gasteiger partial charge in [0.1, 0.15) is 16.5 Å². The van der Waals surface area contributed by atoms with Gasteiger partial charge in [0, 0.05) is 16.7 Å². The molecule has 0 bridgehead atoms. The van der Waals surface area contributed by atoms with Crippen molar-refractivity contribution < 1.29 is 13.9 Å². The van der Waals surface area contributed by atoms with Gasteiger partial charge in [0.2, 0.25) is 0 Å². The summed E-state index contributed by atoms with van der Waals surface area (Å²) < 4.78 is 11.0. The van der Waals surface area contributed by atoms with Gasteiger partial charge in [0.05, 0.1) is 25.5 Å². The third kappa shape index (κ3) is 3.94. The maximum absolute atomic E-state index is 13.2. The summed E-state index contributed by atoms with van der Waals surface area (Å²) in [6.45, 7) is 0.358. The van der Waals surface area contributed by atoms with Gasteiger partial charge in [-0.15, -0.1) is 11.3 Å². The molecule has 0 atom stereocenters. The summed E-state index contributed by atoms with van der Waals surface area (Å²) in [7, 11) is 1.67. The first kappa shape index (κ1) is 20.5. The summed E-state index contributed by atoms with van der Waals surface area (Å²) in [5, 5.41) is 5.95. The highest BCUT2D eigenvalue weighted by molar-refractivity contribution is 7.16. The fourth-order valence-electron chi connectivity index (χ4n) is 4.26. The molecule has 0 fully saturated rings. The van der Waals surface area contributed by atoms with E-state index in [0.29, 0.717) is 12.1 Å². The zero-order chi connectivity index (χ0) is 21.9. The first-order valence-corrected chi connectivity index (χ1v) is 11.6. The number of thiophene rings is 1. The minimum absolute atomic E-state index is 0.0992. The molecule has 1 aliphatic carbocycles. The van der Waals surface area contributed by atoms with Gasteiger partial charge in [-0.2, -0.15) is 0 Å². The Labute approximate surface area is 190 Å². The molecule has 5 nitrogen and oxygen atoms in total. The molecule has 0 saturated carbocycles. The van der Waals surface area contributed by atoms with E-state index in [1.165, 1.54) is 4.88 Å². The number of hydrogen-bond donors (Lipinski definition) is 1. The van der Waals surface area contributed by atoms with Crippen molar-refractivity contribution in [2.75, 3.05) is 7.11 Å². The number of methoxy groups -OCH3 is 1. The second kappa shape index (κ2) is 9.01. The van der Waals surface area contributed by atoms with Crippen LogP contribution in [0.4, 0.5) is 5.00 Å². The van der Waals surface area contributed by atoms with Gasteiger partial charge in [-0.05, 0) is 60.2 Å². The summed E-state index contributed by atoms with van der Waals surface area (Å²) in [5.74, 6) is 1.39. The quantitative estimate of drug-likeness (QED) is 0.368. The highest BCUT2D eigenvalue weighted by Gasteiger charge is 2.25. The molecular formula is C26H24N2O3S. The van der Waals surface area contributed by atoms with Crippen LogP contribution in [-0.4, -0.2) is 19.2 Å². The van der Waals surface area contributed by atoms with Crippen molar-refractivity contribution in [2.24, 2.45) is 4.99 Å². The van der Waals surface area contributed by atoms with Crippen molar-refractivity contribution in [1.29, 1.82) is 0 Å². The van der Waals surface area contributed by atoms with Crippen LogP contribution in [0.1, 0.15) is 45.0 Å². The van der Waals surface area contributed by atoms with E-state index >= 15 is 0 Å². The smallest absolute Gasteiger partial charge is 0.255 e.